The van der Waals surface area contributed by atoms with Gasteiger partial charge in [-0.25, -0.2) is 4.98 Å². The monoisotopic (exact) mass is 249 g/mol. The first-order chi connectivity index (χ1) is 8.74. The summed E-state index contributed by atoms with van der Waals surface area (Å²) in [5.74, 6) is 0.682. The summed E-state index contributed by atoms with van der Waals surface area (Å²) >= 11 is 0. The summed E-state index contributed by atoms with van der Waals surface area (Å²) in [7, 11) is 1.65. The summed E-state index contributed by atoms with van der Waals surface area (Å²) in [5.41, 5.74) is 6.94. The van der Waals surface area contributed by atoms with Crippen molar-refractivity contribution < 1.29 is 4.74 Å². The molecule has 2 atom stereocenters. The predicted octanol–water partition coefficient (Wildman–Crippen LogP) is 1.79. The number of piperidine rings is 1. The number of ether oxygens (including phenoxy) is 1. The van der Waals surface area contributed by atoms with Crippen molar-refractivity contribution in [3.63, 3.8) is 0 Å². The number of nitrogens with zero attached hydrogens (tertiary/aromatic N) is 2. The van der Waals surface area contributed by atoms with Crippen molar-refractivity contribution in [2.45, 2.75) is 44.8 Å². The maximum atomic E-state index is 5.88. The lowest BCUT2D eigenvalue weighted by atomic mass is 9.96. The van der Waals surface area contributed by atoms with Crippen LogP contribution in [-0.2, 0) is 6.54 Å². The average molecular weight is 249 g/mol. The fourth-order valence-corrected chi connectivity index (χ4v) is 2.72. The van der Waals surface area contributed by atoms with Gasteiger partial charge >= 0.3 is 0 Å². The molecule has 0 amide bonds. The third-order valence-electron chi connectivity index (χ3n) is 3.80. The molecule has 100 valence electrons. The van der Waals surface area contributed by atoms with Crippen LogP contribution in [0.4, 0.5) is 0 Å². The van der Waals surface area contributed by atoms with E-state index >= 15 is 0 Å². The largest absolute Gasteiger partial charge is 0.481 e. The van der Waals surface area contributed by atoms with E-state index < -0.39 is 0 Å². The second-order valence-corrected chi connectivity index (χ2v) is 5.01. The number of likely N-dealkylation sites (tertiary alicyclic amines) is 1. The molecular formula is C14H23N3O. The fraction of sp³-hybridized carbons (Fsp3) is 0.643. The Morgan fingerprint density at radius 2 is 2.28 bits per heavy atom. The highest BCUT2D eigenvalue weighted by Crippen LogP contribution is 2.24. The van der Waals surface area contributed by atoms with Crippen molar-refractivity contribution in [2.75, 3.05) is 13.7 Å². The summed E-state index contributed by atoms with van der Waals surface area (Å²) in [6.45, 7) is 3.87. The van der Waals surface area contributed by atoms with Crippen LogP contribution in [0.5, 0.6) is 5.88 Å². The van der Waals surface area contributed by atoms with Crippen LogP contribution in [0.1, 0.15) is 31.9 Å². The molecular weight excluding hydrogens is 226 g/mol. The smallest absolute Gasteiger partial charge is 0.213 e. The van der Waals surface area contributed by atoms with Crippen molar-refractivity contribution in [3.8, 4) is 5.88 Å². The molecule has 0 saturated carbocycles. The van der Waals surface area contributed by atoms with Crippen LogP contribution in [0.3, 0.4) is 0 Å². The molecule has 2 rings (SSSR count). The topological polar surface area (TPSA) is 51.4 Å². The molecule has 1 aromatic rings. The minimum Gasteiger partial charge on any atom is -0.481 e. The number of pyridine rings is 1. The Balaban J connectivity index is 2.09. The molecule has 0 bridgehead atoms. The van der Waals surface area contributed by atoms with E-state index in [1.165, 1.54) is 19.3 Å². The highest BCUT2D eigenvalue weighted by molar-refractivity contribution is 5.15. The molecule has 0 radical (unpaired) electrons. The highest BCUT2D eigenvalue weighted by Gasteiger charge is 2.27. The molecule has 2 N–H and O–H groups in total. The molecule has 4 heteroatoms. The minimum absolute atomic E-state index is 0.488. The zero-order chi connectivity index (χ0) is 13.0. The Morgan fingerprint density at radius 3 is 3.00 bits per heavy atom. The van der Waals surface area contributed by atoms with E-state index in [4.69, 9.17) is 10.5 Å². The molecule has 2 heterocycles. The number of hydrogen-bond donors (Lipinski definition) is 1. The lowest BCUT2D eigenvalue weighted by Crippen LogP contribution is -2.48. The van der Waals surface area contributed by atoms with Gasteiger partial charge in [0.25, 0.3) is 0 Å². The van der Waals surface area contributed by atoms with Gasteiger partial charge in [-0.05, 0) is 25.8 Å². The van der Waals surface area contributed by atoms with Gasteiger partial charge < -0.3 is 10.5 Å². The normalized spacial score (nSPS) is 25.1. The highest BCUT2D eigenvalue weighted by atomic mass is 16.5. The van der Waals surface area contributed by atoms with Crippen molar-refractivity contribution in [1.29, 1.82) is 0 Å². The third kappa shape index (κ3) is 3.00. The summed E-state index contributed by atoms with van der Waals surface area (Å²) in [4.78, 5) is 6.96. The maximum absolute atomic E-state index is 5.88. The number of rotatable bonds is 4. The molecule has 1 saturated heterocycles. The molecule has 2 unspecified atom stereocenters. The second kappa shape index (κ2) is 6.16. The summed E-state index contributed by atoms with van der Waals surface area (Å²) in [6.07, 6.45) is 3.73. The van der Waals surface area contributed by atoms with Crippen molar-refractivity contribution >= 4 is 0 Å². The van der Waals surface area contributed by atoms with E-state index in [1.54, 1.807) is 7.11 Å². The van der Waals surface area contributed by atoms with Crippen LogP contribution in [0, 0.1) is 0 Å². The molecule has 0 aromatic carbocycles. The van der Waals surface area contributed by atoms with Gasteiger partial charge in [-0.1, -0.05) is 12.5 Å². The summed E-state index contributed by atoms with van der Waals surface area (Å²) in [6, 6.07) is 7.00. The van der Waals surface area contributed by atoms with Gasteiger partial charge in [0.15, 0.2) is 0 Å². The molecule has 0 spiro atoms. The van der Waals surface area contributed by atoms with Gasteiger partial charge in [0.1, 0.15) is 0 Å². The van der Waals surface area contributed by atoms with E-state index in [1.807, 2.05) is 12.1 Å². The van der Waals surface area contributed by atoms with E-state index in [9.17, 15) is 0 Å². The molecule has 0 aliphatic carbocycles. The SMILES string of the molecule is COc1cccc(CN2C(C)CCCC2CN)n1. The Bertz CT molecular complexity index is 383. The van der Waals surface area contributed by atoms with Gasteiger partial charge in [0.2, 0.25) is 5.88 Å². The maximum Gasteiger partial charge on any atom is 0.213 e. The zero-order valence-electron chi connectivity index (χ0n) is 11.3. The first kappa shape index (κ1) is 13.3. The minimum atomic E-state index is 0.488. The Hall–Kier alpha value is -1.13. The van der Waals surface area contributed by atoms with E-state index in [0.717, 1.165) is 18.8 Å². The van der Waals surface area contributed by atoms with Crippen LogP contribution in [0.15, 0.2) is 18.2 Å². The van der Waals surface area contributed by atoms with Crippen molar-refractivity contribution in [1.82, 2.24) is 9.88 Å². The predicted molar refractivity (Wildman–Crippen MR) is 72.5 cm³/mol. The number of methoxy groups -OCH3 is 1. The van der Waals surface area contributed by atoms with Crippen molar-refractivity contribution in [2.24, 2.45) is 5.73 Å². The second-order valence-electron chi connectivity index (χ2n) is 5.01. The Kier molecular flexibility index (Phi) is 4.55. The quantitative estimate of drug-likeness (QED) is 0.884. The van der Waals surface area contributed by atoms with Crippen LogP contribution in [0.25, 0.3) is 0 Å². The van der Waals surface area contributed by atoms with E-state index in [2.05, 4.69) is 22.9 Å². The zero-order valence-corrected chi connectivity index (χ0v) is 11.3. The fourth-order valence-electron chi connectivity index (χ4n) is 2.72. The van der Waals surface area contributed by atoms with Crippen LogP contribution >= 0.6 is 0 Å². The lowest BCUT2D eigenvalue weighted by Gasteiger charge is -2.40. The van der Waals surface area contributed by atoms with Crippen LogP contribution in [-0.4, -0.2) is 35.6 Å². The van der Waals surface area contributed by atoms with Gasteiger partial charge in [0.05, 0.1) is 12.8 Å². The van der Waals surface area contributed by atoms with Crippen LogP contribution in [0.2, 0.25) is 0 Å². The van der Waals surface area contributed by atoms with E-state index in [-0.39, 0.29) is 0 Å². The molecule has 1 fully saturated rings. The number of nitrogens with two attached hydrogens (primary N) is 1. The Morgan fingerprint density at radius 1 is 1.44 bits per heavy atom. The Labute approximate surface area is 109 Å². The third-order valence-corrected chi connectivity index (χ3v) is 3.80. The van der Waals surface area contributed by atoms with E-state index in [0.29, 0.717) is 18.0 Å². The lowest BCUT2D eigenvalue weighted by molar-refractivity contribution is 0.0876. The molecule has 18 heavy (non-hydrogen) atoms. The van der Waals surface area contributed by atoms with Gasteiger partial charge in [-0.15, -0.1) is 0 Å². The van der Waals surface area contributed by atoms with Gasteiger partial charge in [-0.2, -0.15) is 0 Å². The standard InChI is InChI=1S/C14H23N3O/c1-11-5-3-7-13(9-15)17(11)10-12-6-4-8-14(16-12)18-2/h4,6,8,11,13H,3,5,7,9-10,15H2,1-2H3. The average Bonchev–Trinajstić information content (AvgIpc) is 2.41. The van der Waals surface area contributed by atoms with Gasteiger partial charge in [-0.3, -0.25) is 4.90 Å². The number of aromatic nitrogens is 1. The molecule has 1 aliphatic heterocycles. The molecule has 1 aromatic heterocycles. The molecule has 4 nitrogen and oxygen atoms in total. The molecule has 1 aliphatic rings. The van der Waals surface area contributed by atoms with Crippen molar-refractivity contribution in [3.05, 3.63) is 23.9 Å². The first-order valence-corrected chi connectivity index (χ1v) is 6.70. The van der Waals surface area contributed by atoms with Crippen LogP contribution < -0.4 is 10.5 Å². The summed E-state index contributed by atoms with van der Waals surface area (Å²) in [5, 5.41) is 0. The first-order valence-electron chi connectivity index (χ1n) is 6.70. The summed E-state index contributed by atoms with van der Waals surface area (Å²) < 4.78 is 5.17. The number of hydrogen-bond acceptors (Lipinski definition) is 4. The van der Waals surface area contributed by atoms with Gasteiger partial charge in [0, 0.05) is 31.2 Å².